The first-order valence-corrected chi connectivity index (χ1v) is 8.09. The van der Waals surface area contributed by atoms with Gasteiger partial charge in [-0.15, -0.1) is 0 Å². The summed E-state index contributed by atoms with van der Waals surface area (Å²) >= 11 is 0. The maximum atomic E-state index is 14.4. The summed E-state index contributed by atoms with van der Waals surface area (Å²) in [5.41, 5.74) is 2.75. The number of carbonyl (C=O) groups excluding carboxylic acids is 1. The van der Waals surface area contributed by atoms with Crippen molar-refractivity contribution in [1.29, 1.82) is 0 Å². The van der Waals surface area contributed by atoms with Crippen LogP contribution in [-0.2, 0) is 4.79 Å². The van der Waals surface area contributed by atoms with Crippen LogP contribution in [-0.4, -0.2) is 18.6 Å². The minimum absolute atomic E-state index is 0.0878. The lowest BCUT2D eigenvalue weighted by atomic mass is 9.80. The van der Waals surface area contributed by atoms with E-state index in [1.165, 1.54) is 18.2 Å². The Morgan fingerprint density at radius 2 is 1.88 bits per heavy atom. The van der Waals surface area contributed by atoms with Crippen molar-refractivity contribution in [2.45, 2.75) is 25.4 Å². The first kappa shape index (κ1) is 15.2. The molecule has 1 aliphatic heterocycles. The fraction of sp³-hybridized carbons (Fsp3) is 0.316. The van der Waals surface area contributed by atoms with Gasteiger partial charge in [-0.2, -0.15) is 0 Å². The lowest BCUT2D eigenvalue weighted by Gasteiger charge is -2.25. The summed E-state index contributed by atoms with van der Waals surface area (Å²) in [5.74, 6) is -1.61. The van der Waals surface area contributed by atoms with Gasteiger partial charge in [0.05, 0.1) is 0 Å². The van der Waals surface area contributed by atoms with Gasteiger partial charge >= 0.3 is 0 Å². The highest BCUT2D eigenvalue weighted by Gasteiger charge is 2.41. The molecule has 2 aliphatic carbocycles. The summed E-state index contributed by atoms with van der Waals surface area (Å²) in [6.07, 6.45) is 1.16. The quantitative estimate of drug-likeness (QED) is 0.828. The molecule has 0 aromatic heterocycles. The van der Waals surface area contributed by atoms with Crippen LogP contribution < -0.4 is 5.32 Å². The fourth-order valence-corrected chi connectivity index (χ4v) is 3.85. The second-order valence-electron chi connectivity index (χ2n) is 6.38. The number of nitrogens with one attached hydrogen (secondary N) is 1. The van der Waals surface area contributed by atoms with Crippen molar-refractivity contribution in [2.24, 2.45) is 5.92 Å². The molecule has 24 heavy (non-hydrogen) atoms. The van der Waals surface area contributed by atoms with Gasteiger partial charge in [0, 0.05) is 30.0 Å². The van der Waals surface area contributed by atoms with E-state index >= 15 is 0 Å². The number of hydrogen-bond donors (Lipinski definition) is 1. The summed E-state index contributed by atoms with van der Waals surface area (Å²) in [4.78, 5) is 12.2. The van der Waals surface area contributed by atoms with E-state index in [9.17, 15) is 18.0 Å². The van der Waals surface area contributed by atoms with Crippen LogP contribution in [0.3, 0.4) is 0 Å². The Bertz CT molecular complexity index is 804. The Hall–Kier alpha value is -2.30. The Labute approximate surface area is 137 Å². The maximum absolute atomic E-state index is 14.4. The van der Waals surface area contributed by atoms with Crippen LogP contribution in [0.15, 0.2) is 52.9 Å². The Morgan fingerprint density at radius 3 is 2.62 bits per heavy atom. The minimum Gasteiger partial charge on any atom is -0.352 e. The van der Waals surface area contributed by atoms with Crippen LogP contribution in [0.5, 0.6) is 0 Å². The third-order valence-electron chi connectivity index (χ3n) is 4.96. The molecule has 1 aromatic carbocycles. The molecule has 1 heterocycles. The zero-order valence-electron chi connectivity index (χ0n) is 12.9. The van der Waals surface area contributed by atoms with Crippen LogP contribution in [0.1, 0.15) is 24.8 Å². The molecule has 124 valence electrons. The van der Waals surface area contributed by atoms with Crippen LogP contribution >= 0.6 is 0 Å². The van der Waals surface area contributed by atoms with E-state index in [0.717, 1.165) is 6.42 Å². The molecular formula is C19H16F3NO. The lowest BCUT2D eigenvalue weighted by Crippen LogP contribution is -2.24. The van der Waals surface area contributed by atoms with Crippen molar-refractivity contribution in [3.63, 3.8) is 0 Å². The molecule has 4 rings (SSSR count). The van der Waals surface area contributed by atoms with Crippen molar-refractivity contribution in [3.05, 3.63) is 64.3 Å². The minimum atomic E-state index is -1.73. The molecule has 2 atom stereocenters. The molecule has 2 nitrogen and oxygen atoms in total. The number of alkyl halides is 1. The van der Waals surface area contributed by atoms with Gasteiger partial charge in [0.1, 0.15) is 11.6 Å². The first-order valence-electron chi connectivity index (χ1n) is 8.09. The molecule has 0 radical (unpaired) electrons. The lowest BCUT2D eigenvalue weighted by molar-refractivity contribution is -0.117. The Kier molecular flexibility index (Phi) is 3.59. The van der Waals surface area contributed by atoms with Crippen molar-refractivity contribution in [1.82, 2.24) is 5.32 Å². The standard InChI is InChI=1S/C19H16F3NO/c20-11-5-3-10(4-6-11)13-9-16(21)18(22)15-8-14-12(17(13)15)2-1-7-23-19(14)24/h3-6,8,12,16H,1-2,7,9H2,(H,23,24). The van der Waals surface area contributed by atoms with Crippen molar-refractivity contribution < 1.29 is 18.0 Å². The highest BCUT2D eigenvalue weighted by Crippen LogP contribution is 2.50. The highest BCUT2D eigenvalue weighted by molar-refractivity contribution is 5.99. The molecule has 1 amide bonds. The topological polar surface area (TPSA) is 29.1 Å². The molecule has 5 heteroatoms. The predicted molar refractivity (Wildman–Crippen MR) is 84.8 cm³/mol. The van der Waals surface area contributed by atoms with E-state index in [0.29, 0.717) is 35.2 Å². The van der Waals surface area contributed by atoms with Crippen molar-refractivity contribution >= 4 is 11.5 Å². The first-order chi connectivity index (χ1) is 11.6. The average Bonchev–Trinajstić information content (AvgIpc) is 2.86. The maximum Gasteiger partial charge on any atom is 0.247 e. The van der Waals surface area contributed by atoms with E-state index in [4.69, 9.17) is 0 Å². The predicted octanol–water partition coefficient (Wildman–Crippen LogP) is 4.01. The SMILES string of the molecule is O=C1NCCCC2C1=CC1=C(F)C(F)CC(c3ccc(F)cc3)=C12. The zero-order valence-corrected chi connectivity index (χ0v) is 12.9. The van der Waals surface area contributed by atoms with E-state index in [1.807, 2.05) is 0 Å². The number of fused-ring (bicyclic) bond motifs is 3. The van der Waals surface area contributed by atoms with Crippen LogP contribution in [0, 0.1) is 11.7 Å². The van der Waals surface area contributed by atoms with Gasteiger partial charge in [-0.25, -0.2) is 13.2 Å². The molecule has 2 unspecified atom stereocenters. The van der Waals surface area contributed by atoms with Crippen LogP contribution in [0.2, 0.25) is 0 Å². The molecule has 0 saturated carbocycles. The largest absolute Gasteiger partial charge is 0.352 e. The number of halogens is 3. The molecule has 3 aliphatic rings. The summed E-state index contributed by atoms with van der Waals surface area (Å²) in [6.45, 7) is 0.582. The molecular weight excluding hydrogens is 315 g/mol. The number of hydrogen-bond acceptors (Lipinski definition) is 1. The van der Waals surface area contributed by atoms with E-state index in [2.05, 4.69) is 5.32 Å². The van der Waals surface area contributed by atoms with Gasteiger partial charge in [0.25, 0.3) is 0 Å². The molecule has 1 N–H and O–H groups in total. The summed E-state index contributed by atoms with van der Waals surface area (Å²) < 4.78 is 41.8. The number of amides is 1. The fourth-order valence-electron chi connectivity index (χ4n) is 3.85. The number of carbonyl (C=O) groups is 1. The Balaban J connectivity index is 1.91. The summed E-state index contributed by atoms with van der Waals surface area (Å²) in [7, 11) is 0. The summed E-state index contributed by atoms with van der Waals surface area (Å²) in [6, 6.07) is 5.79. The Morgan fingerprint density at radius 1 is 1.12 bits per heavy atom. The number of allylic oxidation sites excluding steroid dienone is 5. The molecule has 0 bridgehead atoms. The molecule has 1 aromatic rings. The van der Waals surface area contributed by atoms with Crippen molar-refractivity contribution in [2.75, 3.05) is 6.54 Å². The second-order valence-corrected chi connectivity index (χ2v) is 6.38. The van der Waals surface area contributed by atoms with E-state index in [1.54, 1.807) is 12.1 Å². The van der Waals surface area contributed by atoms with E-state index < -0.39 is 12.0 Å². The van der Waals surface area contributed by atoms with Gasteiger partial charge in [-0.1, -0.05) is 12.1 Å². The van der Waals surface area contributed by atoms with Gasteiger partial charge in [-0.3, -0.25) is 4.79 Å². The van der Waals surface area contributed by atoms with Crippen LogP contribution in [0.25, 0.3) is 5.57 Å². The van der Waals surface area contributed by atoms with E-state index in [-0.39, 0.29) is 29.6 Å². The third kappa shape index (κ3) is 2.30. The zero-order chi connectivity index (χ0) is 16.8. The van der Waals surface area contributed by atoms with Crippen molar-refractivity contribution in [3.8, 4) is 0 Å². The number of rotatable bonds is 1. The molecule has 1 saturated heterocycles. The normalized spacial score (nSPS) is 26.6. The average molecular weight is 331 g/mol. The molecule has 1 fully saturated rings. The van der Waals surface area contributed by atoms with Crippen LogP contribution in [0.4, 0.5) is 13.2 Å². The second kappa shape index (κ2) is 5.65. The smallest absolute Gasteiger partial charge is 0.247 e. The highest BCUT2D eigenvalue weighted by atomic mass is 19.2. The van der Waals surface area contributed by atoms with Gasteiger partial charge < -0.3 is 5.32 Å². The summed E-state index contributed by atoms with van der Waals surface area (Å²) in [5, 5.41) is 2.80. The van der Waals surface area contributed by atoms with Gasteiger partial charge in [0.2, 0.25) is 5.91 Å². The molecule has 0 spiro atoms. The number of benzene rings is 1. The van der Waals surface area contributed by atoms with Gasteiger partial charge in [-0.05, 0) is 47.8 Å². The van der Waals surface area contributed by atoms with Gasteiger partial charge in [0.15, 0.2) is 6.17 Å². The monoisotopic (exact) mass is 331 g/mol. The third-order valence-corrected chi connectivity index (χ3v) is 4.96.